The van der Waals surface area contributed by atoms with Crippen LogP contribution in [-0.4, -0.2) is 57.2 Å². The molecular formula is C32H29Cl2F3N6O3. The van der Waals surface area contributed by atoms with Crippen molar-refractivity contribution in [2.24, 2.45) is 5.92 Å². The third kappa shape index (κ3) is 5.17. The van der Waals surface area contributed by atoms with Crippen molar-refractivity contribution in [2.75, 3.05) is 24.5 Å². The second-order valence-electron chi connectivity index (χ2n) is 11.5. The summed E-state index contributed by atoms with van der Waals surface area (Å²) < 4.78 is 45.5. The third-order valence-corrected chi connectivity index (χ3v) is 8.90. The van der Waals surface area contributed by atoms with Crippen molar-refractivity contribution in [3.63, 3.8) is 0 Å². The fourth-order valence-corrected chi connectivity index (χ4v) is 6.47. The first-order valence-corrected chi connectivity index (χ1v) is 15.1. The number of aromatic nitrogens is 2. The zero-order chi connectivity index (χ0) is 33.8. The normalized spacial score (nSPS) is 18.3. The van der Waals surface area contributed by atoms with Gasteiger partial charge in [-0.2, -0.15) is 9.65 Å². The molecule has 46 heavy (non-hydrogen) atoms. The topological polar surface area (TPSA) is 114 Å². The van der Waals surface area contributed by atoms with E-state index in [9.17, 15) is 28.7 Å². The second-order valence-corrected chi connectivity index (χ2v) is 12.3. The van der Waals surface area contributed by atoms with Crippen molar-refractivity contribution >= 4 is 51.5 Å². The van der Waals surface area contributed by atoms with E-state index in [4.69, 9.17) is 23.2 Å². The number of hydrogen-bond acceptors (Lipinski definition) is 7. The van der Waals surface area contributed by atoms with E-state index in [-0.39, 0.29) is 64.8 Å². The Bertz CT molecular complexity index is 1960. The summed E-state index contributed by atoms with van der Waals surface area (Å²) in [6, 6.07) is 2.59. The SMILES string of the molecule is C=CC(=O)N1CCN(c2c(C#N)c(=O)n(C3=C(C)C=CNC3C(C)C)c3nc(-c4c(O)c(F)c(F)c(Cl)c4F)c(Cl)cc23)C[C@H]1C. The summed E-state index contributed by atoms with van der Waals surface area (Å²) in [6.45, 7) is 11.7. The van der Waals surface area contributed by atoms with Crippen molar-refractivity contribution in [3.8, 4) is 23.1 Å². The highest BCUT2D eigenvalue weighted by atomic mass is 35.5. The number of phenolic OH excluding ortho intramolecular Hbond substituents is 1. The first-order chi connectivity index (χ1) is 21.7. The number of allylic oxidation sites excluding steroid dienone is 2. The van der Waals surface area contributed by atoms with Crippen LogP contribution in [0, 0.1) is 34.7 Å². The van der Waals surface area contributed by atoms with Gasteiger partial charge in [0.15, 0.2) is 17.4 Å². The van der Waals surface area contributed by atoms with E-state index >= 15 is 4.39 Å². The van der Waals surface area contributed by atoms with Crippen molar-refractivity contribution < 1.29 is 23.1 Å². The minimum atomic E-state index is -1.81. The Labute approximate surface area is 272 Å². The van der Waals surface area contributed by atoms with Crippen molar-refractivity contribution in [1.29, 1.82) is 5.26 Å². The molecule has 1 unspecified atom stereocenters. The number of halogens is 5. The maximum absolute atomic E-state index is 15.4. The Morgan fingerprint density at radius 1 is 1.24 bits per heavy atom. The number of carbonyl (C=O) groups excluding carboxylic acids is 1. The van der Waals surface area contributed by atoms with Crippen LogP contribution in [0.4, 0.5) is 18.9 Å². The zero-order valence-corrected chi connectivity index (χ0v) is 26.8. The molecule has 0 bridgehead atoms. The van der Waals surface area contributed by atoms with E-state index in [0.29, 0.717) is 11.3 Å². The number of piperazine rings is 1. The Balaban J connectivity index is 1.91. The summed E-state index contributed by atoms with van der Waals surface area (Å²) in [6.07, 6.45) is 4.68. The van der Waals surface area contributed by atoms with Gasteiger partial charge >= 0.3 is 0 Å². The number of nitrogens with zero attached hydrogens (tertiary/aromatic N) is 5. The van der Waals surface area contributed by atoms with E-state index < -0.39 is 51.1 Å². The standard InChI is InChI=1S/C32H29Cl2F3N6O3/c1-6-20(44)42-10-9-41(13-16(42)5)29-17-11-19(33)27(21-23(35)22(34)24(36)25(37)30(21)45)40-31(17)43(32(46)18(29)12-38)28-15(4)7-8-39-26(28)14(2)3/h6-8,11,14,16,26,39,45H,1,9-10,13H2,2-5H3/t16-,26?/m1/s1. The molecular weight excluding hydrogens is 644 g/mol. The molecule has 0 saturated carbocycles. The molecule has 2 aromatic heterocycles. The predicted molar refractivity (Wildman–Crippen MR) is 171 cm³/mol. The lowest BCUT2D eigenvalue weighted by molar-refractivity contribution is -0.128. The van der Waals surface area contributed by atoms with Crippen LogP contribution in [0.15, 0.2) is 41.4 Å². The summed E-state index contributed by atoms with van der Waals surface area (Å²) in [7, 11) is 0. The number of rotatable bonds is 5. The van der Waals surface area contributed by atoms with E-state index in [1.807, 2.05) is 26.8 Å². The van der Waals surface area contributed by atoms with Gasteiger partial charge in [0.25, 0.3) is 5.56 Å². The van der Waals surface area contributed by atoms with Crippen molar-refractivity contribution in [3.05, 3.63) is 80.0 Å². The number of benzene rings is 1. The van der Waals surface area contributed by atoms with Crippen LogP contribution >= 0.6 is 23.2 Å². The second kappa shape index (κ2) is 12.4. The number of anilines is 1. The molecule has 1 aromatic carbocycles. The number of phenols is 1. The number of dihydropyridines is 1. The van der Waals surface area contributed by atoms with Gasteiger partial charge in [-0.15, -0.1) is 0 Å². The lowest BCUT2D eigenvalue weighted by Crippen LogP contribution is -2.54. The van der Waals surface area contributed by atoms with Gasteiger partial charge in [0.05, 0.1) is 33.7 Å². The molecule has 240 valence electrons. The molecule has 3 aromatic rings. The van der Waals surface area contributed by atoms with Crippen LogP contribution in [0.5, 0.6) is 5.75 Å². The van der Waals surface area contributed by atoms with E-state index in [1.54, 1.807) is 29.0 Å². The van der Waals surface area contributed by atoms with Gasteiger partial charge in [-0.05, 0) is 49.8 Å². The number of pyridine rings is 2. The van der Waals surface area contributed by atoms with E-state index in [2.05, 4.69) is 16.9 Å². The first kappa shape index (κ1) is 32.9. The number of amides is 1. The highest BCUT2D eigenvalue weighted by Crippen LogP contribution is 2.44. The average molecular weight is 674 g/mol. The van der Waals surface area contributed by atoms with Crippen LogP contribution in [0.1, 0.15) is 33.3 Å². The summed E-state index contributed by atoms with van der Waals surface area (Å²) in [5, 5.41) is 22.9. The minimum absolute atomic E-state index is 0.0725. The summed E-state index contributed by atoms with van der Waals surface area (Å²) in [4.78, 5) is 34.8. The number of nitrogens with one attached hydrogen (secondary N) is 1. The monoisotopic (exact) mass is 672 g/mol. The number of fused-ring (bicyclic) bond motifs is 1. The highest BCUT2D eigenvalue weighted by Gasteiger charge is 2.34. The van der Waals surface area contributed by atoms with Gasteiger partial charge in [0, 0.05) is 31.1 Å². The smallest absolute Gasteiger partial charge is 0.276 e. The average Bonchev–Trinajstić information content (AvgIpc) is 3.02. The minimum Gasteiger partial charge on any atom is -0.504 e. The maximum atomic E-state index is 15.4. The van der Waals surface area contributed by atoms with Gasteiger partial charge in [0.1, 0.15) is 22.3 Å². The maximum Gasteiger partial charge on any atom is 0.276 e. The van der Waals surface area contributed by atoms with Crippen molar-refractivity contribution in [2.45, 2.75) is 39.8 Å². The fraction of sp³-hybridized carbons (Fsp3) is 0.312. The van der Waals surface area contributed by atoms with E-state index in [0.717, 1.165) is 0 Å². The molecule has 1 amide bonds. The quantitative estimate of drug-likeness (QED) is 0.195. The molecule has 14 heteroatoms. The van der Waals surface area contributed by atoms with Crippen LogP contribution in [-0.2, 0) is 4.79 Å². The molecule has 0 radical (unpaired) electrons. The molecule has 1 saturated heterocycles. The molecule has 0 spiro atoms. The fourth-order valence-electron chi connectivity index (χ4n) is 6.05. The number of nitriles is 1. The number of carbonyl (C=O) groups is 1. The molecule has 9 nitrogen and oxygen atoms in total. The lowest BCUT2D eigenvalue weighted by Gasteiger charge is -2.41. The Morgan fingerprint density at radius 3 is 2.54 bits per heavy atom. The summed E-state index contributed by atoms with van der Waals surface area (Å²) in [5.74, 6) is -6.86. The zero-order valence-electron chi connectivity index (χ0n) is 25.3. The summed E-state index contributed by atoms with van der Waals surface area (Å²) in [5.41, 5.74) is -1.19. The van der Waals surface area contributed by atoms with Gasteiger partial charge < -0.3 is 20.2 Å². The van der Waals surface area contributed by atoms with Crippen LogP contribution < -0.4 is 15.8 Å². The molecule has 5 rings (SSSR count). The van der Waals surface area contributed by atoms with Gasteiger partial charge in [-0.25, -0.2) is 13.8 Å². The molecule has 0 aliphatic carbocycles. The van der Waals surface area contributed by atoms with E-state index in [1.165, 1.54) is 16.7 Å². The molecule has 2 N–H and O–H groups in total. The molecule has 2 aliphatic rings. The number of aromatic hydroxyl groups is 1. The molecule has 4 heterocycles. The largest absolute Gasteiger partial charge is 0.504 e. The first-order valence-electron chi connectivity index (χ1n) is 14.3. The lowest BCUT2D eigenvalue weighted by atomic mass is 9.94. The Morgan fingerprint density at radius 2 is 1.93 bits per heavy atom. The van der Waals surface area contributed by atoms with Crippen LogP contribution in [0.2, 0.25) is 10.0 Å². The van der Waals surface area contributed by atoms with Gasteiger partial charge in [0.2, 0.25) is 11.7 Å². The van der Waals surface area contributed by atoms with Gasteiger partial charge in [-0.3, -0.25) is 14.2 Å². The molecule has 2 atom stereocenters. The Hall–Kier alpha value is -4.47. The van der Waals surface area contributed by atoms with Gasteiger partial charge in [-0.1, -0.05) is 43.6 Å². The highest BCUT2D eigenvalue weighted by molar-refractivity contribution is 6.34. The Kier molecular flexibility index (Phi) is 8.86. The number of hydrogen-bond donors (Lipinski definition) is 2. The molecule has 1 fully saturated rings. The van der Waals surface area contributed by atoms with Crippen molar-refractivity contribution in [1.82, 2.24) is 19.8 Å². The summed E-state index contributed by atoms with van der Waals surface area (Å²) >= 11 is 12.4. The molecule has 2 aliphatic heterocycles. The van der Waals surface area contributed by atoms with Crippen LogP contribution in [0.3, 0.4) is 0 Å². The van der Waals surface area contributed by atoms with Crippen LogP contribution in [0.25, 0.3) is 28.0 Å². The third-order valence-electron chi connectivity index (χ3n) is 8.28. The predicted octanol–water partition coefficient (Wildman–Crippen LogP) is 5.96.